The monoisotopic (exact) mass is 568 g/mol. The summed E-state index contributed by atoms with van der Waals surface area (Å²) in [4.78, 5) is 17.3. The number of hydrazone groups is 1. The number of rotatable bonds is 10. The highest BCUT2D eigenvalue weighted by atomic mass is 35.5. The summed E-state index contributed by atoms with van der Waals surface area (Å²) in [6, 6.07) is 19.5. The van der Waals surface area contributed by atoms with Crippen molar-refractivity contribution in [3.63, 3.8) is 0 Å². The summed E-state index contributed by atoms with van der Waals surface area (Å²) in [6.07, 6.45) is 1.33. The molecule has 39 heavy (non-hydrogen) atoms. The molecule has 0 aliphatic heterocycles. The smallest absolute Gasteiger partial charge is 0.264 e. The topological polar surface area (TPSA) is 119 Å². The fourth-order valence-corrected chi connectivity index (χ4v) is 5.35. The van der Waals surface area contributed by atoms with E-state index in [1.54, 1.807) is 55.6 Å². The predicted octanol–water partition coefficient (Wildman–Crippen LogP) is 4.26. The van der Waals surface area contributed by atoms with Gasteiger partial charge >= 0.3 is 0 Å². The molecule has 0 radical (unpaired) electrons. The molecule has 3 aromatic carbocycles. The molecule has 202 valence electrons. The summed E-state index contributed by atoms with van der Waals surface area (Å²) in [5.74, 6) is 0.554. The minimum atomic E-state index is -4.18. The Bertz CT molecular complexity index is 1630. The Kier molecular flexibility index (Phi) is 8.52. The number of benzene rings is 3. The molecule has 0 aliphatic carbocycles. The number of methoxy groups -OCH3 is 3. The van der Waals surface area contributed by atoms with E-state index in [1.807, 2.05) is 6.07 Å². The minimum absolute atomic E-state index is 0.00294. The highest BCUT2D eigenvalue weighted by molar-refractivity contribution is 7.92. The van der Waals surface area contributed by atoms with Crippen molar-refractivity contribution < 1.29 is 27.4 Å². The summed E-state index contributed by atoms with van der Waals surface area (Å²) in [5, 5.41) is 4.93. The van der Waals surface area contributed by atoms with Gasteiger partial charge < -0.3 is 14.2 Å². The van der Waals surface area contributed by atoms with Crippen LogP contribution in [0, 0.1) is 0 Å². The maximum Gasteiger partial charge on any atom is 0.264 e. The second kappa shape index (κ2) is 12.0. The predicted molar refractivity (Wildman–Crippen MR) is 150 cm³/mol. The lowest BCUT2D eigenvalue weighted by molar-refractivity contribution is -0.119. The molecule has 4 rings (SSSR count). The van der Waals surface area contributed by atoms with Crippen molar-refractivity contribution in [2.45, 2.75) is 4.90 Å². The van der Waals surface area contributed by atoms with Gasteiger partial charge in [-0.15, -0.1) is 0 Å². The van der Waals surface area contributed by atoms with Crippen LogP contribution in [0.5, 0.6) is 17.2 Å². The molecule has 0 aliphatic rings. The second-order valence-corrected chi connectivity index (χ2v) is 10.3. The summed E-state index contributed by atoms with van der Waals surface area (Å²) in [6.45, 7) is -0.596. The van der Waals surface area contributed by atoms with Crippen LogP contribution in [0.3, 0.4) is 0 Å². The van der Waals surface area contributed by atoms with Crippen molar-refractivity contribution in [3.8, 4) is 17.2 Å². The highest BCUT2D eigenvalue weighted by Gasteiger charge is 2.29. The number of carbonyl (C=O) groups is 1. The maximum atomic E-state index is 13.6. The number of carbonyl (C=O) groups excluding carboxylic acids is 1. The van der Waals surface area contributed by atoms with E-state index in [9.17, 15) is 13.2 Å². The zero-order valence-corrected chi connectivity index (χ0v) is 22.9. The fraction of sp³-hybridized carbons (Fsp3) is 0.148. The molecule has 10 nitrogen and oxygen atoms in total. The normalized spacial score (nSPS) is 11.4. The zero-order chi connectivity index (χ0) is 28.0. The molecule has 0 unspecified atom stereocenters. The van der Waals surface area contributed by atoms with Gasteiger partial charge in [-0.3, -0.25) is 9.10 Å². The van der Waals surface area contributed by atoms with Crippen LogP contribution in [0.2, 0.25) is 5.15 Å². The third-order valence-corrected chi connectivity index (χ3v) is 7.75. The Morgan fingerprint density at radius 1 is 0.974 bits per heavy atom. The number of hydrogen-bond acceptors (Lipinski definition) is 8. The lowest BCUT2D eigenvalue weighted by Crippen LogP contribution is -2.39. The van der Waals surface area contributed by atoms with Crippen LogP contribution in [-0.2, 0) is 14.8 Å². The van der Waals surface area contributed by atoms with Gasteiger partial charge in [-0.05, 0) is 42.5 Å². The maximum absolute atomic E-state index is 13.6. The Morgan fingerprint density at radius 2 is 1.67 bits per heavy atom. The van der Waals surface area contributed by atoms with Gasteiger partial charge in [0, 0.05) is 23.1 Å². The van der Waals surface area contributed by atoms with Gasteiger partial charge in [-0.2, -0.15) is 5.10 Å². The number of aromatic nitrogens is 1. The molecule has 12 heteroatoms. The SMILES string of the molecule is COc1ccc(OC)c(N(CC(=O)N/N=C\c2cc3ccc(OC)cc3nc2Cl)S(=O)(=O)c2ccccc2)c1. The van der Waals surface area contributed by atoms with Crippen molar-refractivity contribution in [1.82, 2.24) is 10.4 Å². The van der Waals surface area contributed by atoms with E-state index < -0.39 is 22.5 Å². The first-order valence-electron chi connectivity index (χ1n) is 11.5. The summed E-state index contributed by atoms with van der Waals surface area (Å²) in [7, 11) is 0.235. The number of anilines is 1. The van der Waals surface area contributed by atoms with Gasteiger partial charge in [0.2, 0.25) is 0 Å². The Balaban J connectivity index is 1.61. The van der Waals surface area contributed by atoms with E-state index in [2.05, 4.69) is 15.5 Å². The van der Waals surface area contributed by atoms with Crippen molar-refractivity contribution >= 4 is 50.3 Å². The number of amides is 1. The number of hydrogen-bond donors (Lipinski definition) is 1. The lowest BCUT2D eigenvalue weighted by Gasteiger charge is -2.25. The van der Waals surface area contributed by atoms with Gasteiger partial charge in [0.15, 0.2) is 0 Å². The molecule has 4 aromatic rings. The average molecular weight is 569 g/mol. The number of halogens is 1. The van der Waals surface area contributed by atoms with E-state index in [-0.39, 0.29) is 21.5 Å². The van der Waals surface area contributed by atoms with Gasteiger partial charge in [-0.25, -0.2) is 18.8 Å². The largest absolute Gasteiger partial charge is 0.497 e. The zero-order valence-electron chi connectivity index (χ0n) is 21.3. The molecule has 0 saturated heterocycles. The molecular weight excluding hydrogens is 544 g/mol. The van der Waals surface area contributed by atoms with E-state index in [0.29, 0.717) is 22.6 Å². The molecule has 0 saturated carbocycles. The third kappa shape index (κ3) is 6.21. The first-order chi connectivity index (χ1) is 18.8. The molecule has 1 heterocycles. The van der Waals surface area contributed by atoms with Crippen LogP contribution in [0.4, 0.5) is 5.69 Å². The van der Waals surface area contributed by atoms with Crippen LogP contribution >= 0.6 is 11.6 Å². The van der Waals surface area contributed by atoms with Crippen LogP contribution in [0.15, 0.2) is 82.8 Å². The van der Waals surface area contributed by atoms with Crippen molar-refractivity contribution in [2.75, 3.05) is 32.2 Å². The van der Waals surface area contributed by atoms with Crippen LogP contribution < -0.4 is 23.9 Å². The Morgan fingerprint density at radius 3 is 2.36 bits per heavy atom. The quantitative estimate of drug-likeness (QED) is 0.172. The molecule has 0 atom stereocenters. The van der Waals surface area contributed by atoms with Crippen LogP contribution in [-0.4, -0.2) is 53.4 Å². The first kappa shape index (κ1) is 27.7. The van der Waals surface area contributed by atoms with Gasteiger partial charge in [0.1, 0.15) is 28.9 Å². The van der Waals surface area contributed by atoms with E-state index in [1.165, 1.54) is 38.6 Å². The standard InChI is InChI=1S/C27H25ClN4O6S/c1-36-20-10-9-18-13-19(27(28)30-23(18)14-20)16-29-31-26(33)17-32(39(34,35)22-7-5-4-6-8-22)24-15-21(37-2)11-12-25(24)38-3/h4-16H,17H2,1-3H3,(H,31,33)/b29-16-. The van der Waals surface area contributed by atoms with Crippen LogP contribution in [0.1, 0.15) is 5.56 Å². The molecule has 0 spiro atoms. The molecule has 0 bridgehead atoms. The van der Waals surface area contributed by atoms with Gasteiger partial charge in [0.05, 0.1) is 43.6 Å². The van der Waals surface area contributed by atoms with Gasteiger partial charge in [0.25, 0.3) is 15.9 Å². The Hall–Kier alpha value is -4.35. The first-order valence-corrected chi connectivity index (χ1v) is 13.3. The number of fused-ring (bicyclic) bond motifs is 1. The Labute approximate surface area is 230 Å². The molecule has 1 aromatic heterocycles. The second-order valence-electron chi connectivity index (χ2n) is 8.08. The lowest BCUT2D eigenvalue weighted by atomic mass is 10.1. The van der Waals surface area contributed by atoms with E-state index in [4.69, 9.17) is 25.8 Å². The third-order valence-electron chi connectivity index (χ3n) is 5.67. The molecular formula is C27H25ClN4O6S. The highest BCUT2D eigenvalue weighted by Crippen LogP contribution is 2.35. The number of nitrogens with zero attached hydrogens (tertiary/aromatic N) is 3. The molecule has 1 amide bonds. The van der Waals surface area contributed by atoms with E-state index in [0.717, 1.165) is 9.69 Å². The van der Waals surface area contributed by atoms with Crippen molar-refractivity contribution in [3.05, 3.63) is 83.5 Å². The average Bonchev–Trinajstić information content (AvgIpc) is 2.95. The molecule has 0 fully saturated rings. The number of sulfonamides is 1. The molecule has 1 N–H and O–H groups in total. The number of ether oxygens (including phenoxy) is 3. The summed E-state index contributed by atoms with van der Waals surface area (Å²) >= 11 is 6.30. The van der Waals surface area contributed by atoms with Crippen LogP contribution in [0.25, 0.3) is 10.9 Å². The fourth-order valence-electron chi connectivity index (χ4n) is 3.71. The summed E-state index contributed by atoms with van der Waals surface area (Å²) in [5.41, 5.74) is 3.57. The van der Waals surface area contributed by atoms with Crippen molar-refractivity contribution in [2.24, 2.45) is 5.10 Å². The van der Waals surface area contributed by atoms with Crippen molar-refractivity contribution in [1.29, 1.82) is 0 Å². The number of pyridine rings is 1. The van der Waals surface area contributed by atoms with Gasteiger partial charge in [-0.1, -0.05) is 29.8 Å². The number of nitrogens with one attached hydrogen (secondary N) is 1. The summed E-state index contributed by atoms with van der Waals surface area (Å²) < 4.78 is 44.0. The minimum Gasteiger partial charge on any atom is -0.497 e. The van der Waals surface area contributed by atoms with E-state index >= 15 is 0 Å².